The van der Waals surface area contributed by atoms with Crippen molar-refractivity contribution in [2.24, 2.45) is 5.73 Å². The number of unbranched alkanes of at least 4 members (excludes halogenated alkanes) is 11. The lowest BCUT2D eigenvalue weighted by atomic mass is 10.1. The van der Waals surface area contributed by atoms with Gasteiger partial charge in [-0.05, 0) is 19.3 Å². The van der Waals surface area contributed by atoms with E-state index in [9.17, 15) is 4.79 Å². The van der Waals surface area contributed by atoms with E-state index in [4.69, 9.17) is 5.73 Å². The van der Waals surface area contributed by atoms with Crippen LogP contribution >= 0.6 is 0 Å². The predicted octanol–water partition coefficient (Wildman–Crippen LogP) is 4.96. The summed E-state index contributed by atoms with van der Waals surface area (Å²) in [6.45, 7) is 2.25. The maximum Gasteiger partial charge on any atom is 0.217 e. The number of nitrogens with two attached hydrogens (primary N) is 1. The second kappa shape index (κ2) is 16.1. The molecule has 0 unspecified atom stereocenters. The van der Waals surface area contributed by atoms with Crippen LogP contribution in [0.15, 0.2) is 0 Å². The van der Waals surface area contributed by atoms with Crippen molar-refractivity contribution >= 4 is 5.91 Å². The maximum atomic E-state index is 10.5. The number of carbonyl (C=O) groups is 1. The Kier molecular flexibility index (Phi) is 15.3. The van der Waals surface area contributed by atoms with Crippen LogP contribution in [0.1, 0.15) is 96.8 Å². The second-order valence-corrected chi connectivity index (χ2v) is 5.61. The van der Waals surface area contributed by atoms with Crippen LogP contribution in [0.4, 0.5) is 0 Å². The summed E-state index contributed by atoms with van der Waals surface area (Å²) in [4.78, 5) is 10.5. The van der Waals surface area contributed by atoms with Gasteiger partial charge in [-0.1, -0.05) is 58.3 Å². The predicted molar refractivity (Wildman–Crippen MR) is 87.3 cm³/mol. The fourth-order valence-corrected chi connectivity index (χ4v) is 2.21. The van der Waals surface area contributed by atoms with Gasteiger partial charge in [0.1, 0.15) is 0 Å². The lowest BCUT2D eigenvalue weighted by Crippen LogP contribution is -2.09. The van der Waals surface area contributed by atoms with Crippen molar-refractivity contribution in [3.05, 3.63) is 0 Å². The van der Waals surface area contributed by atoms with Crippen LogP contribution in [-0.4, -0.2) is 5.91 Å². The van der Waals surface area contributed by atoms with E-state index in [0.717, 1.165) is 25.7 Å². The van der Waals surface area contributed by atoms with Crippen LogP contribution in [0, 0.1) is 11.8 Å². The summed E-state index contributed by atoms with van der Waals surface area (Å²) >= 11 is 0. The Balaban J connectivity index is 3.11. The van der Waals surface area contributed by atoms with E-state index in [1.54, 1.807) is 0 Å². The van der Waals surface area contributed by atoms with E-state index < -0.39 is 0 Å². The molecule has 0 saturated heterocycles. The molecule has 0 radical (unpaired) electrons. The molecule has 0 rings (SSSR count). The maximum absolute atomic E-state index is 10.5. The van der Waals surface area contributed by atoms with Gasteiger partial charge in [-0.2, -0.15) is 0 Å². The number of hydrogen-bond donors (Lipinski definition) is 1. The molecule has 0 aliphatic heterocycles. The Bertz CT molecular complexity index is 275. The highest BCUT2D eigenvalue weighted by Crippen LogP contribution is 2.07. The summed E-state index contributed by atoms with van der Waals surface area (Å²) in [6.07, 6.45) is 16.4. The molecule has 0 saturated carbocycles. The van der Waals surface area contributed by atoms with Crippen LogP contribution in [0.3, 0.4) is 0 Å². The molecule has 1 amide bonds. The summed E-state index contributed by atoms with van der Waals surface area (Å²) in [5.41, 5.74) is 5.09. The SMILES string of the molecule is CCCCCCCCC#CCCCCCCCC(N)=O. The molecule has 2 heteroatoms. The standard InChI is InChI=1S/C18H33NO/c1-2-3-4-5-6-7-8-9-10-11-12-13-14-15-16-17-18(19)20/h2-8,11-17H2,1H3,(H2,19,20). The summed E-state index contributed by atoms with van der Waals surface area (Å²) in [7, 11) is 0. The highest BCUT2D eigenvalue weighted by atomic mass is 16.1. The van der Waals surface area contributed by atoms with Gasteiger partial charge in [0.05, 0.1) is 0 Å². The molecule has 0 heterocycles. The topological polar surface area (TPSA) is 43.1 Å². The van der Waals surface area contributed by atoms with Gasteiger partial charge in [-0.15, -0.1) is 11.8 Å². The largest absolute Gasteiger partial charge is 0.370 e. The zero-order valence-electron chi connectivity index (χ0n) is 13.4. The van der Waals surface area contributed by atoms with Crippen LogP contribution in [0.25, 0.3) is 0 Å². The van der Waals surface area contributed by atoms with Gasteiger partial charge in [0, 0.05) is 19.3 Å². The molecule has 0 bridgehead atoms. The van der Waals surface area contributed by atoms with Gasteiger partial charge in [0.15, 0.2) is 0 Å². The Labute approximate surface area is 125 Å². The van der Waals surface area contributed by atoms with Crippen molar-refractivity contribution in [3.8, 4) is 11.8 Å². The second-order valence-electron chi connectivity index (χ2n) is 5.61. The van der Waals surface area contributed by atoms with Gasteiger partial charge in [0.25, 0.3) is 0 Å². The van der Waals surface area contributed by atoms with Crippen LogP contribution < -0.4 is 5.73 Å². The monoisotopic (exact) mass is 279 g/mol. The molecule has 0 fully saturated rings. The number of amides is 1. The first kappa shape index (κ1) is 19.0. The molecule has 2 N–H and O–H groups in total. The van der Waals surface area contributed by atoms with Crippen molar-refractivity contribution in [2.75, 3.05) is 0 Å². The first-order valence-electron chi connectivity index (χ1n) is 8.51. The number of carbonyl (C=O) groups excluding carboxylic acids is 1. The van der Waals surface area contributed by atoms with Gasteiger partial charge in [-0.25, -0.2) is 0 Å². The van der Waals surface area contributed by atoms with Crippen molar-refractivity contribution in [1.82, 2.24) is 0 Å². The van der Waals surface area contributed by atoms with Gasteiger partial charge < -0.3 is 5.73 Å². The third kappa shape index (κ3) is 17.0. The molecule has 0 aliphatic carbocycles. The Hall–Kier alpha value is -0.970. The first-order valence-corrected chi connectivity index (χ1v) is 8.51. The third-order valence-corrected chi connectivity index (χ3v) is 3.51. The number of rotatable bonds is 13. The van der Waals surface area contributed by atoms with E-state index in [0.29, 0.717) is 6.42 Å². The summed E-state index contributed by atoms with van der Waals surface area (Å²) in [5.74, 6) is 6.38. The zero-order chi connectivity index (χ0) is 14.9. The number of hydrogen-bond acceptors (Lipinski definition) is 1. The lowest BCUT2D eigenvalue weighted by molar-refractivity contribution is -0.118. The third-order valence-electron chi connectivity index (χ3n) is 3.51. The minimum absolute atomic E-state index is 0.175. The van der Waals surface area contributed by atoms with Gasteiger partial charge >= 0.3 is 0 Å². The molecule has 0 aromatic carbocycles. The van der Waals surface area contributed by atoms with E-state index in [1.165, 1.54) is 57.8 Å². The quantitative estimate of drug-likeness (QED) is 0.376. The average molecular weight is 279 g/mol. The normalized spacial score (nSPS) is 10.1. The van der Waals surface area contributed by atoms with Crippen molar-refractivity contribution in [3.63, 3.8) is 0 Å². The Morgan fingerprint density at radius 1 is 0.750 bits per heavy atom. The molecular formula is C18H33NO. The van der Waals surface area contributed by atoms with Crippen molar-refractivity contribution in [1.29, 1.82) is 0 Å². The molecule has 2 nitrogen and oxygen atoms in total. The van der Waals surface area contributed by atoms with Crippen LogP contribution in [0.5, 0.6) is 0 Å². The lowest BCUT2D eigenvalue weighted by Gasteiger charge is -1.98. The van der Waals surface area contributed by atoms with Crippen molar-refractivity contribution in [2.45, 2.75) is 96.8 Å². The molecule has 116 valence electrons. The molecule has 0 aliphatic rings. The highest BCUT2D eigenvalue weighted by molar-refractivity contribution is 5.73. The Morgan fingerprint density at radius 2 is 1.20 bits per heavy atom. The van der Waals surface area contributed by atoms with Gasteiger partial charge in [-0.3, -0.25) is 4.79 Å². The molecule has 0 atom stereocenters. The van der Waals surface area contributed by atoms with E-state index in [2.05, 4.69) is 18.8 Å². The minimum atomic E-state index is -0.175. The average Bonchev–Trinajstić information content (AvgIpc) is 2.43. The van der Waals surface area contributed by atoms with Crippen molar-refractivity contribution < 1.29 is 4.79 Å². The molecule has 0 spiro atoms. The van der Waals surface area contributed by atoms with E-state index >= 15 is 0 Å². The van der Waals surface area contributed by atoms with Crippen LogP contribution in [-0.2, 0) is 4.79 Å². The summed E-state index contributed by atoms with van der Waals surface area (Å²) < 4.78 is 0. The zero-order valence-corrected chi connectivity index (χ0v) is 13.4. The first-order chi connectivity index (χ1) is 9.77. The Morgan fingerprint density at radius 3 is 1.70 bits per heavy atom. The minimum Gasteiger partial charge on any atom is -0.370 e. The fraction of sp³-hybridized carbons (Fsp3) is 0.833. The van der Waals surface area contributed by atoms with E-state index in [1.807, 2.05) is 0 Å². The summed E-state index contributed by atoms with van der Waals surface area (Å²) in [5, 5.41) is 0. The van der Waals surface area contributed by atoms with Crippen LogP contribution in [0.2, 0.25) is 0 Å². The highest BCUT2D eigenvalue weighted by Gasteiger charge is 1.94. The smallest absolute Gasteiger partial charge is 0.217 e. The summed E-state index contributed by atoms with van der Waals surface area (Å²) in [6, 6.07) is 0. The van der Waals surface area contributed by atoms with E-state index in [-0.39, 0.29) is 5.91 Å². The molecule has 0 aromatic rings. The van der Waals surface area contributed by atoms with Gasteiger partial charge in [0.2, 0.25) is 5.91 Å². The molecule has 20 heavy (non-hydrogen) atoms. The fourth-order valence-electron chi connectivity index (χ4n) is 2.21. The molecule has 0 aromatic heterocycles. The number of primary amides is 1. The molecular weight excluding hydrogens is 246 g/mol.